The Hall–Kier alpha value is -1.68. The first-order valence-electron chi connectivity index (χ1n) is 8.29. The summed E-state index contributed by atoms with van der Waals surface area (Å²) in [5, 5.41) is 7.61. The first-order valence-corrected chi connectivity index (χ1v) is 8.29. The van der Waals surface area contributed by atoms with Gasteiger partial charge in [-0.3, -0.25) is 9.67 Å². The fraction of sp³-hybridized carbons (Fsp3) is 0.471. The van der Waals surface area contributed by atoms with Crippen molar-refractivity contribution in [2.75, 3.05) is 26.2 Å². The molecular formula is C17H25IN6O. The molecule has 0 bridgehead atoms. The zero-order chi connectivity index (χ0) is 16.8. The van der Waals surface area contributed by atoms with E-state index in [0.29, 0.717) is 13.2 Å². The average Bonchev–Trinajstić information content (AvgIpc) is 3.06. The largest absolute Gasteiger partial charge is 0.370 e. The highest BCUT2D eigenvalue weighted by Gasteiger charge is 2.25. The predicted molar refractivity (Wildman–Crippen MR) is 108 cm³/mol. The van der Waals surface area contributed by atoms with Gasteiger partial charge in [-0.25, -0.2) is 4.99 Å². The van der Waals surface area contributed by atoms with Crippen molar-refractivity contribution in [3.63, 3.8) is 0 Å². The van der Waals surface area contributed by atoms with E-state index in [9.17, 15) is 0 Å². The number of hydrogen-bond donors (Lipinski definition) is 1. The SMILES string of the molecule is CCNC(=NCc1ccccn1)N1CCOC(c2cnn(C)c2)C1.I. The lowest BCUT2D eigenvalue weighted by Crippen LogP contribution is -2.48. The maximum Gasteiger partial charge on any atom is 0.194 e. The van der Waals surface area contributed by atoms with Gasteiger partial charge in [0.05, 0.1) is 31.6 Å². The van der Waals surface area contributed by atoms with Crippen LogP contribution in [0.2, 0.25) is 0 Å². The molecule has 0 amide bonds. The molecule has 1 aliphatic rings. The zero-order valence-corrected chi connectivity index (χ0v) is 17.0. The van der Waals surface area contributed by atoms with Crippen molar-refractivity contribution in [2.45, 2.75) is 19.6 Å². The summed E-state index contributed by atoms with van der Waals surface area (Å²) in [6.45, 7) is 5.74. The van der Waals surface area contributed by atoms with Crippen LogP contribution in [0.3, 0.4) is 0 Å². The molecule has 7 nitrogen and oxygen atoms in total. The number of aliphatic imine (C=N–C) groups is 1. The predicted octanol–water partition coefficient (Wildman–Crippen LogP) is 1.97. The number of hydrogen-bond acceptors (Lipinski definition) is 4. The highest BCUT2D eigenvalue weighted by atomic mass is 127. The van der Waals surface area contributed by atoms with Crippen LogP contribution >= 0.6 is 24.0 Å². The maximum absolute atomic E-state index is 5.91. The van der Waals surface area contributed by atoms with Gasteiger partial charge in [0.2, 0.25) is 0 Å². The van der Waals surface area contributed by atoms with Crippen LogP contribution in [-0.4, -0.2) is 51.9 Å². The summed E-state index contributed by atoms with van der Waals surface area (Å²) >= 11 is 0. The van der Waals surface area contributed by atoms with Crippen molar-refractivity contribution in [3.8, 4) is 0 Å². The van der Waals surface area contributed by atoms with Crippen molar-refractivity contribution in [2.24, 2.45) is 12.0 Å². The van der Waals surface area contributed by atoms with E-state index in [2.05, 4.69) is 27.2 Å². The summed E-state index contributed by atoms with van der Waals surface area (Å²) < 4.78 is 7.71. The number of aromatic nitrogens is 3. The molecule has 0 aliphatic carbocycles. The molecule has 0 aromatic carbocycles. The van der Waals surface area contributed by atoms with E-state index < -0.39 is 0 Å². The molecule has 0 spiro atoms. The molecule has 1 fully saturated rings. The monoisotopic (exact) mass is 456 g/mol. The highest BCUT2D eigenvalue weighted by molar-refractivity contribution is 14.0. The van der Waals surface area contributed by atoms with Crippen LogP contribution in [0.15, 0.2) is 41.8 Å². The van der Waals surface area contributed by atoms with E-state index in [0.717, 1.165) is 36.9 Å². The van der Waals surface area contributed by atoms with Crippen molar-refractivity contribution in [1.82, 2.24) is 25.0 Å². The zero-order valence-electron chi connectivity index (χ0n) is 14.6. The minimum Gasteiger partial charge on any atom is -0.370 e. The van der Waals surface area contributed by atoms with Gasteiger partial charge in [0.1, 0.15) is 6.10 Å². The minimum absolute atomic E-state index is 0. The Morgan fingerprint density at radius 1 is 1.44 bits per heavy atom. The van der Waals surface area contributed by atoms with Crippen LogP contribution in [0.1, 0.15) is 24.3 Å². The Morgan fingerprint density at radius 2 is 2.32 bits per heavy atom. The molecule has 2 aromatic rings. The smallest absolute Gasteiger partial charge is 0.194 e. The summed E-state index contributed by atoms with van der Waals surface area (Å²) in [6.07, 6.45) is 5.69. The van der Waals surface area contributed by atoms with Crippen molar-refractivity contribution in [1.29, 1.82) is 0 Å². The average molecular weight is 456 g/mol. The lowest BCUT2D eigenvalue weighted by atomic mass is 10.1. The number of aryl methyl sites for hydroxylation is 1. The second-order valence-corrected chi connectivity index (χ2v) is 5.74. The molecule has 2 aromatic heterocycles. The van der Waals surface area contributed by atoms with E-state index in [4.69, 9.17) is 9.73 Å². The van der Waals surface area contributed by atoms with E-state index in [1.807, 2.05) is 37.6 Å². The molecule has 3 heterocycles. The molecule has 136 valence electrons. The molecule has 8 heteroatoms. The van der Waals surface area contributed by atoms with Crippen LogP contribution in [0.5, 0.6) is 0 Å². The third-order valence-electron chi connectivity index (χ3n) is 3.91. The third kappa shape index (κ3) is 5.40. The molecule has 3 rings (SSSR count). The van der Waals surface area contributed by atoms with Crippen molar-refractivity contribution in [3.05, 3.63) is 48.0 Å². The summed E-state index contributed by atoms with van der Waals surface area (Å²) in [7, 11) is 1.92. The van der Waals surface area contributed by atoms with Gasteiger partial charge in [0.15, 0.2) is 5.96 Å². The summed E-state index contributed by atoms with van der Waals surface area (Å²) in [4.78, 5) is 11.3. The van der Waals surface area contributed by atoms with Gasteiger partial charge >= 0.3 is 0 Å². The van der Waals surface area contributed by atoms with Crippen LogP contribution in [0, 0.1) is 0 Å². The number of morpholine rings is 1. The van der Waals surface area contributed by atoms with E-state index in [1.165, 1.54) is 0 Å². The van der Waals surface area contributed by atoms with Gasteiger partial charge < -0.3 is 15.0 Å². The number of nitrogens with one attached hydrogen (secondary N) is 1. The second kappa shape index (κ2) is 9.71. The lowest BCUT2D eigenvalue weighted by molar-refractivity contribution is -0.00805. The summed E-state index contributed by atoms with van der Waals surface area (Å²) in [5.41, 5.74) is 2.06. The Bertz CT molecular complexity index is 675. The summed E-state index contributed by atoms with van der Waals surface area (Å²) in [5.74, 6) is 0.903. The van der Waals surface area contributed by atoms with Gasteiger partial charge in [-0.1, -0.05) is 6.07 Å². The molecule has 1 unspecified atom stereocenters. The van der Waals surface area contributed by atoms with Gasteiger partial charge in [-0.15, -0.1) is 24.0 Å². The Morgan fingerprint density at radius 3 is 3.00 bits per heavy atom. The molecular weight excluding hydrogens is 431 g/mol. The number of rotatable bonds is 4. The van der Waals surface area contributed by atoms with Gasteiger partial charge in [0.25, 0.3) is 0 Å². The molecule has 1 atom stereocenters. The number of ether oxygens (including phenoxy) is 1. The standard InChI is InChI=1S/C17H24N6O.HI/c1-3-18-17(20-11-15-6-4-5-7-19-15)23-8-9-24-16(13-23)14-10-21-22(2)12-14;/h4-7,10,12,16H,3,8-9,11,13H2,1-2H3,(H,18,20);1H. The fourth-order valence-electron chi connectivity index (χ4n) is 2.72. The molecule has 0 saturated carbocycles. The normalized spacial score (nSPS) is 17.9. The topological polar surface area (TPSA) is 67.6 Å². The number of guanidine groups is 1. The highest BCUT2D eigenvalue weighted by Crippen LogP contribution is 2.21. The van der Waals surface area contributed by atoms with Crippen LogP contribution in [-0.2, 0) is 18.3 Å². The van der Waals surface area contributed by atoms with Crippen molar-refractivity contribution < 1.29 is 4.74 Å². The van der Waals surface area contributed by atoms with Crippen molar-refractivity contribution >= 4 is 29.9 Å². The van der Waals surface area contributed by atoms with Gasteiger partial charge in [0, 0.05) is 38.1 Å². The lowest BCUT2D eigenvalue weighted by Gasteiger charge is -2.34. The van der Waals surface area contributed by atoms with Crippen LogP contribution in [0.4, 0.5) is 0 Å². The second-order valence-electron chi connectivity index (χ2n) is 5.74. The molecule has 1 aliphatic heterocycles. The Kier molecular flexibility index (Phi) is 7.63. The first kappa shape index (κ1) is 19.6. The fourth-order valence-corrected chi connectivity index (χ4v) is 2.72. The quantitative estimate of drug-likeness (QED) is 0.433. The van der Waals surface area contributed by atoms with Crippen LogP contribution < -0.4 is 5.32 Å². The molecule has 1 saturated heterocycles. The Balaban J connectivity index is 0.00000225. The minimum atomic E-state index is 0. The molecule has 0 radical (unpaired) electrons. The number of pyridine rings is 1. The summed E-state index contributed by atoms with van der Waals surface area (Å²) in [6, 6.07) is 5.89. The molecule has 25 heavy (non-hydrogen) atoms. The van der Waals surface area contributed by atoms with Gasteiger partial charge in [-0.2, -0.15) is 5.10 Å². The number of nitrogens with zero attached hydrogens (tertiary/aromatic N) is 5. The Labute approximate surface area is 165 Å². The van der Waals surface area contributed by atoms with Crippen LogP contribution in [0.25, 0.3) is 0 Å². The third-order valence-corrected chi connectivity index (χ3v) is 3.91. The number of halogens is 1. The van der Waals surface area contributed by atoms with E-state index in [-0.39, 0.29) is 30.1 Å². The first-order chi connectivity index (χ1) is 11.8. The maximum atomic E-state index is 5.91. The van der Waals surface area contributed by atoms with Gasteiger partial charge in [-0.05, 0) is 19.1 Å². The van der Waals surface area contributed by atoms with E-state index >= 15 is 0 Å². The molecule has 1 N–H and O–H groups in total. The van der Waals surface area contributed by atoms with E-state index in [1.54, 1.807) is 10.9 Å².